The van der Waals surface area contributed by atoms with Crippen LogP contribution >= 0.6 is 11.3 Å². The van der Waals surface area contributed by atoms with Gasteiger partial charge in [-0.25, -0.2) is 5.43 Å². The smallest absolute Gasteiger partial charge is 0.322 e. The van der Waals surface area contributed by atoms with Crippen LogP contribution in [0.1, 0.15) is 25.6 Å². The van der Waals surface area contributed by atoms with E-state index in [1.54, 1.807) is 54.6 Å². The lowest BCUT2D eigenvalue weighted by atomic mass is 10.2. The summed E-state index contributed by atoms with van der Waals surface area (Å²) in [6.07, 6.45) is 1.34. The topological polar surface area (TPSA) is 114 Å². The minimum absolute atomic E-state index is 0.000847. The molecule has 0 saturated carbocycles. The minimum Gasteiger partial charge on any atom is -0.322 e. The van der Waals surface area contributed by atoms with E-state index in [1.807, 2.05) is 6.07 Å². The molecule has 2 amide bonds. The number of anilines is 1. The van der Waals surface area contributed by atoms with Gasteiger partial charge in [0.2, 0.25) is 0 Å². The molecule has 8 nitrogen and oxygen atoms in total. The molecule has 9 heteroatoms. The maximum absolute atomic E-state index is 12.1. The summed E-state index contributed by atoms with van der Waals surface area (Å²) in [6.45, 7) is 0. The van der Waals surface area contributed by atoms with Gasteiger partial charge in [0.1, 0.15) is 0 Å². The first kappa shape index (κ1) is 18.9. The number of nitrogens with one attached hydrogen (secondary N) is 2. The van der Waals surface area contributed by atoms with Crippen molar-refractivity contribution in [3.05, 3.63) is 92.8 Å². The number of amides is 2. The van der Waals surface area contributed by atoms with Gasteiger partial charge < -0.3 is 5.32 Å². The number of hydrogen-bond donors (Lipinski definition) is 2. The molecule has 0 aliphatic heterocycles. The van der Waals surface area contributed by atoms with Crippen molar-refractivity contribution in [2.24, 2.45) is 5.10 Å². The number of thiophene rings is 1. The Morgan fingerprint density at radius 1 is 0.929 bits per heavy atom. The van der Waals surface area contributed by atoms with Gasteiger partial charge >= 0.3 is 5.00 Å². The molecule has 0 aliphatic rings. The summed E-state index contributed by atoms with van der Waals surface area (Å²) in [4.78, 5) is 34.9. The average molecular weight is 394 g/mol. The van der Waals surface area contributed by atoms with Gasteiger partial charge in [-0.15, -0.1) is 0 Å². The Morgan fingerprint density at radius 2 is 1.61 bits per heavy atom. The zero-order valence-corrected chi connectivity index (χ0v) is 15.2. The molecule has 2 N–H and O–H groups in total. The van der Waals surface area contributed by atoms with Gasteiger partial charge in [-0.05, 0) is 42.5 Å². The average Bonchev–Trinajstić information content (AvgIpc) is 3.18. The third-order valence-electron chi connectivity index (χ3n) is 3.59. The summed E-state index contributed by atoms with van der Waals surface area (Å²) < 4.78 is 0. The van der Waals surface area contributed by atoms with Crippen LogP contribution in [0.4, 0.5) is 10.7 Å². The first-order valence-electron chi connectivity index (χ1n) is 8.07. The van der Waals surface area contributed by atoms with Crippen LogP contribution in [-0.2, 0) is 0 Å². The Morgan fingerprint density at radius 3 is 2.25 bits per heavy atom. The van der Waals surface area contributed by atoms with Gasteiger partial charge in [0.15, 0.2) is 0 Å². The predicted molar refractivity (Wildman–Crippen MR) is 107 cm³/mol. The molecule has 0 fully saturated rings. The van der Waals surface area contributed by atoms with Crippen LogP contribution in [0.3, 0.4) is 0 Å². The third kappa shape index (κ3) is 4.86. The number of carbonyl (C=O) groups excluding carboxylic acids is 2. The second kappa shape index (κ2) is 8.69. The van der Waals surface area contributed by atoms with Crippen LogP contribution in [-0.4, -0.2) is 23.0 Å². The van der Waals surface area contributed by atoms with E-state index in [0.717, 1.165) is 11.3 Å². The standard InChI is InChI=1S/C19H14N4O4S/c24-18(13-4-2-1-3-5-13)21-15-8-6-14(7-9-15)19(25)22-20-12-16-10-11-17(28-16)23(26)27/h1-12H,(H,21,24)(H,22,25)/b20-12-. The van der Waals surface area contributed by atoms with E-state index in [-0.39, 0.29) is 10.9 Å². The molecule has 28 heavy (non-hydrogen) atoms. The lowest BCUT2D eigenvalue weighted by Gasteiger charge is -2.06. The number of nitrogens with zero attached hydrogens (tertiary/aromatic N) is 2. The second-order valence-corrected chi connectivity index (χ2v) is 6.62. The van der Waals surface area contributed by atoms with Gasteiger partial charge in [-0.2, -0.15) is 5.10 Å². The predicted octanol–water partition coefficient (Wildman–Crippen LogP) is 3.67. The molecule has 2 aromatic carbocycles. The molecule has 1 aromatic heterocycles. The molecule has 0 unspecified atom stereocenters. The van der Waals surface area contributed by atoms with Gasteiger partial charge in [0.25, 0.3) is 11.8 Å². The molecule has 140 valence electrons. The first-order chi connectivity index (χ1) is 13.5. The molecule has 0 aliphatic carbocycles. The Labute approximate surface area is 163 Å². The van der Waals surface area contributed by atoms with E-state index >= 15 is 0 Å². The molecular formula is C19H14N4O4S. The Hall–Kier alpha value is -3.85. The lowest BCUT2D eigenvalue weighted by Crippen LogP contribution is -2.17. The number of hydrazone groups is 1. The normalized spacial score (nSPS) is 10.6. The van der Waals surface area contributed by atoms with Crippen molar-refractivity contribution in [2.75, 3.05) is 5.32 Å². The SMILES string of the molecule is O=C(N/N=C\c1ccc([N+](=O)[O-])s1)c1ccc(NC(=O)c2ccccc2)cc1. The molecule has 3 rings (SSSR count). The van der Waals surface area contributed by atoms with E-state index in [9.17, 15) is 19.7 Å². The summed E-state index contributed by atoms with van der Waals surface area (Å²) in [5.74, 6) is -0.685. The van der Waals surface area contributed by atoms with Crippen LogP contribution < -0.4 is 10.7 Å². The third-order valence-corrected chi connectivity index (χ3v) is 4.56. The maximum Gasteiger partial charge on any atom is 0.324 e. The first-order valence-corrected chi connectivity index (χ1v) is 8.88. The highest BCUT2D eigenvalue weighted by atomic mass is 32.1. The van der Waals surface area contributed by atoms with E-state index in [1.165, 1.54) is 12.3 Å². The summed E-state index contributed by atoms with van der Waals surface area (Å²) in [5.41, 5.74) is 3.80. The second-order valence-electron chi connectivity index (χ2n) is 5.53. The highest BCUT2D eigenvalue weighted by molar-refractivity contribution is 7.16. The Bertz CT molecular complexity index is 1030. The Kier molecular flexibility index (Phi) is 5.87. The molecule has 1 heterocycles. The van der Waals surface area contributed by atoms with Gasteiger partial charge in [0, 0.05) is 22.9 Å². The summed E-state index contributed by atoms with van der Waals surface area (Å²) >= 11 is 0.954. The van der Waals surface area contributed by atoms with Crippen LogP contribution in [0.2, 0.25) is 0 Å². The number of benzene rings is 2. The van der Waals surface area contributed by atoms with Gasteiger partial charge in [-0.3, -0.25) is 19.7 Å². The summed E-state index contributed by atoms with van der Waals surface area (Å²) in [7, 11) is 0. The number of hydrogen-bond acceptors (Lipinski definition) is 6. The van der Waals surface area contributed by atoms with Crippen molar-refractivity contribution < 1.29 is 14.5 Å². The molecule has 0 spiro atoms. The zero-order chi connectivity index (χ0) is 19.9. The molecule has 0 saturated heterocycles. The summed E-state index contributed by atoms with van der Waals surface area (Å²) in [6, 6.07) is 18.0. The number of rotatable bonds is 6. The lowest BCUT2D eigenvalue weighted by molar-refractivity contribution is -0.380. The maximum atomic E-state index is 12.1. The van der Waals surface area contributed by atoms with E-state index in [0.29, 0.717) is 21.7 Å². The molecule has 0 radical (unpaired) electrons. The highest BCUT2D eigenvalue weighted by Crippen LogP contribution is 2.22. The van der Waals surface area contributed by atoms with E-state index < -0.39 is 10.8 Å². The van der Waals surface area contributed by atoms with Gasteiger partial charge in [0.05, 0.1) is 16.0 Å². The van der Waals surface area contributed by atoms with E-state index in [4.69, 9.17) is 0 Å². The van der Waals surface area contributed by atoms with Gasteiger partial charge in [-0.1, -0.05) is 29.5 Å². The van der Waals surface area contributed by atoms with Crippen molar-refractivity contribution >= 4 is 40.1 Å². The minimum atomic E-state index is -0.487. The van der Waals surface area contributed by atoms with E-state index in [2.05, 4.69) is 15.8 Å². The van der Waals surface area contributed by atoms with Crippen molar-refractivity contribution in [3.63, 3.8) is 0 Å². The molecule has 0 bridgehead atoms. The fraction of sp³-hybridized carbons (Fsp3) is 0. The fourth-order valence-corrected chi connectivity index (χ4v) is 2.92. The van der Waals surface area contributed by atoms with Crippen molar-refractivity contribution in [2.45, 2.75) is 0 Å². The van der Waals surface area contributed by atoms with Crippen molar-refractivity contribution in [3.8, 4) is 0 Å². The molecule has 0 atom stereocenters. The monoisotopic (exact) mass is 394 g/mol. The molecular weight excluding hydrogens is 380 g/mol. The highest BCUT2D eigenvalue weighted by Gasteiger charge is 2.09. The Balaban J connectivity index is 1.56. The van der Waals surface area contributed by atoms with Crippen molar-refractivity contribution in [1.29, 1.82) is 0 Å². The molecule has 3 aromatic rings. The largest absolute Gasteiger partial charge is 0.324 e. The quantitative estimate of drug-likeness (QED) is 0.377. The van der Waals surface area contributed by atoms with Crippen LogP contribution in [0.5, 0.6) is 0 Å². The van der Waals surface area contributed by atoms with Crippen LogP contribution in [0.15, 0.2) is 71.8 Å². The fourth-order valence-electron chi connectivity index (χ4n) is 2.23. The van der Waals surface area contributed by atoms with Crippen molar-refractivity contribution in [1.82, 2.24) is 5.43 Å². The van der Waals surface area contributed by atoms with Crippen LogP contribution in [0, 0.1) is 10.1 Å². The number of carbonyl (C=O) groups is 2. The zero-order valence-electron chi connectivity index (χ0n) is 14.4. The number of nitro groups is 1. The summed E-state index contributed by atoms with van der Waals surface area (Å²) in [5, 5.41) is 17.2. The van der Waals surface area contributed by atoms with Crippen LogP contribution in [0.25, 0.3) is 0 Å².